The Morgan fingerprint density at radius 3 is 2.62 bits per heavy atom. The number of carboxylic acids is 1. The van der Waals surface area contributed by atoms with Crippen LogP contribution >= 0.6 is 0 Å². The van der Waals surface area contributed by atoms with E-state index in [4.69, 9.17) is 10.8 Å². The number of hydrogen-bond acceptors (Lipinski definition) is 4. The number of nitrogens with two attached hydrogens (primary N) is 1. The summed E-state index contributed by atoms with van der Waals surface area (Å²) in [6, 6.07) is 4.00. The van der Waals surface area contributed by atoms with Crippen LogP contribution in [0.4, 0.5) is 0 Å². The summed E-state index contributed by atoms with van der Waals surface area (Å²) in [4.78, 5) is 10.9. The van der Waals surface area contributed by atoms with E-state index in [0.29, 0.717) is 5.56 Å². The average molecular weight is 239 g/mol. The van der Waals surface area contributed by atoms with Crippen molar-refractivity contribution < 1.29 is 18.3 Å². The summed E-state index contributed by atoms with van der Waals surface area (Å²) in [6.45, 7) is -0.0839. The second kappa shape index (κ2) is 3.43. The van der Waals surface area contributed by atoms with Crippen molar-refractivity contribution in [2.75, 3.05) is 6.54 Å². The number of carboxylic acid groups (broad SMARTS) is 1. The molecule has 0 aliphatic carbocycles. The lowest BCUT2D eigenvalue weighted by molar-refractivity contribution is 0.0696. The Balaban J connectivity index is 2.65. The molecule has 2 rings (SSSR count). The van der Waals surface area contributed by atoms with Gasteiger partial charge in [0, 0.05) is 6.54 Å². The fourth-order valence-corrected chi connectivity index (χ4v) is 3.08. The minimum atomic E-state index is -3.58. The Hall–Kier alpha value is -1.66. The Bertz CT molecular complexity index is 601. The van der Waals surface area contributed by atoms with Crippen LogP contribution in [0.1, 0.15) is 15.9 Å². The molecule has 0 fully saturated rings. The zero-order valence-corrected chi connectivity index (χ0v) is 8.99. The van der Waals surface area contributed by atoms with Gasteiger partial charge in [0.15, 0.2) is 0 Å². The van der Waals surface area contributed by atoms with Crippen LogP contribution in [0.3, 0.4) is 0 Å². The van der Waals surface area contributed by atoms with Crippen LogP contribution in [0.15, 0.2) is 28.0 Å². The molecule has 0 saturated carbocycles. The van der Waals surface area contributed by atoms with E-state index in [1.807, 2.05) is 0 Å². The molecule has 1 aliphatic heterocycles. The van der Waals surface area contributed by atoms with Gasteiger partial charge in [-0.2, -0.15) is 0 Å². The van der Waals surface area contributed by atoms with Gasteiger partial charge in [-0.25, -0.2) is 13.2 Å². The maximum absolute atomic E-state index is 11.8. The van der Waals surface area contributed by atoms with Crippen molar-refractivity contribution in [2.45, 2.75) is 4.90 Å². The molecule has 0 amide bonds. The van der Waals surface area contributed by atoms with Crippen molar-refractivity contribution in [1.82, 2.24) is 0 Å². The third kappa shape index (κ3) is 1.43. The number of benzene rings is 1. The van der Waals surface area contributed by atoms with Crippen molar-refractivity contribution in [2.24, 2.45) is 5.73 Å². The number of rotatable bonds is 2. The quantitative estimate of drug-likeness (QED) is 0.781. The third-order valence-corrected chi connectivity index (χ3v) is 4.32. The second-order valence-electron chi connectivity index (χ2n) is 3.38. The first-order valence-corrected chi connectivity index (χ1v) is 5.98. The summed E-state index contributed by atoms with van der Waals surface area (Å²) < 4.78 is 23.7. The van der Waals surface area contributed by atoms with Gasteiger partial charge in [0.1, 0.15) is 0 Å². The van der Waals surface area contributed by atoms with Crippen molar-refractivity contribution >= 4 is 21.9 Å². The fourth-order valence-electron chi connectivity index (χ4n) is 1.58. The molecule has 1 heterocycles. The molecule has 5 nitrogen and oxygen atoms in total. The van der Waals surface area contributed by atoms with Gasteiger partial charge in [0.25, 0.3) is 0 Å². The molecule has 0 radical (unpaired) electrons. The van der Waals surface area contributed by atoms with E-state index >= 15 is 0 Å². The van der Waals surface area contributed by atoms with Crippen LogP contribution in [0.2, 0.25) is 0 Å². The predicted molar refractivity (Wildman–Crippen MR) is 57.6 cm³/mol. The number of sulfone groups is 1. The van der Waals surface area contributed by atoms with E-state index in [0.717, 1.165) is 6.07 Å². The van der Waals surface area contributed by atoms with Crippen LogP contribution in [-0.2, 0) is 9.84 Å². The SMILES string of the molecule is NCC1=Cc2ccc(C(=O)O)cc2S1(=O)=O. The summed E-state index contributed by atoms with van der Waals surface area (Å²) >= 11 is 0. The first-order valence-electron chi connectivity index (χ1n) is 4.50. The van der Waals surface area contributed by atoms with Crippen LogP contribution in [0.25, 0.3) is 6.08 Å². The molecule has 6 heteroatoms. The van der Waals surface area contributed by atoms with Gasteiger partial charge in [-0.15, -0.1) is 0 Å². The molecule has 1 aromatic rings. The number of carbonyl (C=O) groups is 1. The maximum atomic E-state index is 11.8. The van der Waals surface area contributed by atoms with Crippen molar-refractivity contribution in [3.8, 4) is 0 Å². The Morgan fingerprint density at radius 1 is 1.38 bits per heavy atom. The van der Waals surface area contributed by atoms with Gasteiger partial charge in [-0.05, 0) is 23.8 Å². The minimum Gasteiger partial charge on any atom is -0.478 e. The zero-order chi connectivity index (χ0) is 11.9. The largest absolute Gasteiger partial charge is 0.478 e. The normalized spacial score (nSPS) is 16.7. The highest BCUT2D eigenvalue weighted by Gasteiger charge is 2.29. The highest BCUT2D eigenvalue weighted by Crippen LogP contribution is 2.32. The highest BCUT2D eigenvalue weighted by molar-refractivity contribution is 7.95. The molecular formula is C10H9NO4S. The summed E-state index contributed by atoms with van der Waals surface area (Å²) in [6.07, 6.45) is 1.47. The standard InChI is InChI=1S/C10H9NO4S/c11-5-8-3-6-1-2-7(10(12)13)4-9(6)16(8,14)15/h1-4H,5,11H2,(H,12,13). The Kier molecular flexibility index (Phi) is 2.32. The van der Waals surface area contributed by atoms with Crippen LogP contribution in [0.5, 0.6) is 0 Å². The van der Waals surface area contributed by atoms with Crippen LogP contribution in [-0.4, -0.2) is 26.0 Å². The van der Waals surface area contributed by atoms with E-state index < -0.39 is 15.8 Å². The van der Waals surface area contributed by atoms with Gasteiger partial charge in [0.2, 0.25) is 9.84 Å². The van der Waals surface area contributed by atoms with E-state index in [1.54, 1.807) is 0 Å². The first-order chi connectivity index (χ1) is 7.46. The van der Waals surface area contributed by atoms with Gasteiger partial charge < -0.3 is 10.8 Å². The van der Waals surface area contributed by atoms with E-state index in [2.05, 4.69) is 0 Å². The van der Waals surface area contributed by atoms with Crippen LogP contribution < -0.4 is 5.73 Å². The van der Waals surface area contributed by atoms with Crippen molar-refractivity contribution in [1.29, 1.82) is 0 Å². The number of aromatic carboxylic acids is 1. The summed E-state index contributed by atoms with van der Waals surface area (Å²) in [5.41, 5.74) is 5.77. The maximum Gasteiger partial charge on any atom is 0.335 e. The Labute approximate surface area is 92.1 Å². The lowest BCUT2D eigenvalue weighted by atomic mass is 10.1. The zero-order valence-electron chi connectivity index (χ0n) is 8.17. The molecule has 0 bridgehead atoms. The topological polar surface area (TPSA) is 97.5 Å². The first kappa shape index (κ1) is 10.8. The molecule has 0 atom stereocenters. The summed E-state index contributed by atoms with van der Waals surface area (Å²) in [7, 11) is -3.58. The summed E-state index contributed by atoms with van der Waals surface area (Å²) in [5, 5.41) is 8.77. The molecular weight excluding hydrogens is 230 g/mol. The average Bonchev–Trinajstić information content (AvgIpc) is 2.49. The molecule has 0 aromatic heterocycles. The third-order valence-electron chi connectivity index (χ3n) is 2.41. The minimum absolute atomic E-state index is 0.0212. The van der Waals surface area contributed by atoms with Gasteiger partial charge >= 0.3 is 5.97 Å². The molecule has 0 unspecified atom stereocenters. The molecule has 0 spiro atoms. The highest BCUT2D eigenvalue weighted by atomic mass is 32.2. The fraction of sp³-hybridized carbons (Fsp3) is 0.100. The molecule has 1 aromatic carbocycles. The molecule has 0 saturated heterocycles. The van der Waals surface area contributed by atoms with Crippen molar-refractivity contribution in [3.05, 3.63) is 34.2 Å². The van der Waals surface area contributed by atoms with E-state index in [1.165, 1.54) is 18.2 Å². The molecule has 84 valence electrons. The van der Waals surface area contributed by atoms with Gasteiger partial charge in [0.05, 0.1) is 15.4 Å². The van der Waals surface area contributed by atoms with E-state index in [9.17, 15) is 13.2 Å². The number of hydrogen-bond donors (Lipinski definition) is 2. The van der Waals surface area contributed by atoms with E-state index in [-0.39, 0.29) is 21.9 Å². The second-order valence-corrected chi connectivity index (χ2v) is 5.35. The smallest absolute Gasteiger partial charge is 0.335 e. The predicted octanol–water partition coefficient (Wildman–Crippen LogP) is 0.472. The lowest BCUT2D eigenvalue weighted by Crippen LogP contribution is -2.10. The monoisotopic (exact) mass is 239 g/mol. The summed E-state index contributed by atoms with van der Waals surface area (Å²) in [5.74, 6) is -1.15. The van der Waals surface area contributed by atoms with Crippen molar-refractivity contribution in [3.63, 3.8) is 0 Å². The Morgan fingerprint density at radius 2 is 2.06 bits per heavy atom. The lowest BCUT2D eigenvalue weighted by Gasteiger charge is -2.02. The van der Waals surface area contributed by atoms with Gasteiger partial charge in [-0.1, -0.05) is 6.07 Å². The molecule has 1 aliphatic rings. The molecule has 3 N–H and O–H groups in total. The molecule has 16 heavy (non-hydrogen) atoms. The van der Waals surface area contributed by atoms with Crippen LogP contribution in [0, 0.1) is 0 Å². The van der Waals surface area contributed by atoms with Gasteiger partial charge in [-0.3, -0.25) is 0 Å². The number of fused-ring (bicyclic) bond motifs is 1.